The van der Waals surface area contributed by atoms with E-state index in [1.807, 2.05) is 146 Å². The first-order valence-corrected chi connectivity index (χ1v) is 15.6. The fraction of sp³-hybridized carbons (Fsp3) is 0.111. The zero-order valence-electron chi connectivity index (χ0n) is 23.1. The van der Waals surface area contributed by atoms with E-state index in [1.165, 1.54) is 23.5 Å². The summed E-state index contributed by atoms with van der Waals surface area (Å²) in [4.78, 5) is 28.9. The predicted octanol–water partition coefficient (Wildman–Crippen LogP) is 7.99. The molecule has 0 saturated heterocycles. The van der Waals surface area contributed by atoms with Crippen LogP contribution in [0.4, 0.5) is 0 Å². The number of hydrogen-bond acceptors (Lipinski definition) is 4. The molecule has 5 aromatic rings. The van der Waals surface area contributed by atoms with E-state index >= 15 is 0 Å². The van der Waals surface area contributed by atoms with Crippen LogP contribution in [0, 0.1) is 0 Å². The average molecular weight is 589 g/mol. The smallest absolute Gasteiger partial charge is 0.238 e. The minimum atomic E-state index is -0.367. The van der Waals surface area contributed by atoms with Crippen LogP contribution in [0.15, 0.2) is 155 Å². The van der Waals surface area contributed by atoms with Gasteiger partial charge in [-0.2, -0.15) is 0 Å². The maximum atomic E-state index is 13.4. The average Bonchev–Trinajstić information content (AvgIpc) is 3.06. The van der Waals surface area contributed by atoms with E-state index in [4.69, 9.17) is 0 Å². The Balaban J connectivity index is 1.22. The summed E-state index contributed by atoms with van der Waals surface area (Å²) in [5.41, 5.74) is 3.87. The Morgan fingerprint density at radius 2 is 0.833 bits per heavy atom. The van der Waals surface area contributed by atoms with Gasteiger partial charge in [0.25, 0.3) is 0 Å². The van der Waals surface area contributed by atoms with Gasteiger partial charge in [0.2, 0.25) is 11.8 Å². The molecule has 0 saturated carbocycles. The molecule has 2 amide bonds. The summed E-state index contributed by atoms with van der Waals surface area (Å²) < 4.78 is 0. The van der Waals surface area contributed by atoms with Crippen molar-refractivity contribution in [1.82, 2.24) is 10.6 Å². The molecule has 0 aliphatic carbocycles. The Morgan fingerprint density at radius 3 is 1.21 bits per heavy atom. The van der Waals surface area contributed by atoms with E-state index in [0.717, 1.165) is 32.0 Å². The summed E-state index contributed by atoms with van der Waals surface area (Å²) in [5.74, 6) is -0.0882. The van der Waals surface area contributed by atoms with Crippen molar-refractivity contribution < 1.29 is 9.59 Å². The fourth-order valence-corrected chi connectivity index (χ4v) is 6.63. The maximum Gasteiger partial charge on any atom is 0.238 e. The van der Waals surface area contributed by atoms with Crippen molar-refractivity contribution >= 4 is 35.3 Å². The van der Waals surface area contributed by atoms with Crippen molar-refractivity contribution in [1.29, 1.82) is 0 Å². The van der Waals surface area contributed by atoms with Gasteiger partial charge in [0, 0.05) is 22.9 Å². The van der Waals surface area contributed by atoms with Crippen LogP contribution in [0.5, 0.6) is 0 Å². The van der Waals surface area contributed by atoms with Gasteiger partial charge in [-0.15, -0.1) is 23.5 Å². The van der Waals surface area contributed by atoms with E-state index in [2.05, 4.69) is 10.6 Å². The number of thioether (sulfide) groups is 2. The molecule has 210 valence electrons. The monoisotopic (exact) mass is 588 g/mol. The zero-order valence-corrected chi connectivity index (χ0v) is 24.7. The largest absolute Gasteiger partial charge is 0.351 e. The van der Waals surface area contributed by atoms with Gasteiger partial charge in [-0.3, -0.25) is 9.59 Å². The number of rotatable bonds is 12. The molecule has 0 heterocycles. The molecule has 4 nitrogen and oxygen atoms in total. The number of amides is 2. The van der Waals surface area contributed by atoms with Crippen molar-refractivity contribution in [3.05, 3.63) is 168 Å². The van der Waals surface area contributed by atoms with Crippen LogP contribution in [0.25, 0.3) is 0 Å². The molecular formula is C36H32N2O2S2. The first-order valence-electron chi connectivity index (χ1n) is 13.8. The lowest BCUT2D eigenvalue weighted by molar-refractivity contribution is -0.121. The van der Waals surface area contributed by atoms with Crippen LogP contribution in [-0.2, 0) is 22.7 Å². The highest BCUT2D eigenvalue weighted by atomic mass is 32.2. The second-order valence-electron chi connectivity index (χ2n) is 9.70. The molecule has 2 atom stereocenters. The first kappa shape index (κ1) is 29.2. The standard InChI is InChI=1S/C36H32N2O2S2/c39-35(33(29-16-5-1-6-17-29)41-31-20-9-3-10-21-31)37-25-27-14-13-15-28(24-27)26-38-36(40)34(30-18-7-2-8-19-30)42-32-22-11-4-12-23-32/h1-24,33-34H,25-26H2,(H,37,39)(H,38,40)/t33-,34-/m0/s1. The molecule has 2 N–H and O–H groups in total. The second kappa shape index (κ2) is 15.1. The molecule has 0 bridgehead atoms. The van der Waals surface area contributed by atoms with E-state index < -0.39 is 0 Å². The first-order chi connectivity index (χ1) is 20.7. The van der Waals surface area contributed by atoms with Gasteiger partial charge >= 0.3 is 0 Å². The minimum absolute atomic E-state index is 0.0441. The van der Waals surface area contributed by atoms with Crippen LogP contribution in [0.3, 0.4) is 0 Å². The quantitative estimate of drug-likeness (QED) is 0.145. The summed E-state index contributed by atoms with van der Waals surface area (Å²) in [6.07, 6.45) is 0. The van der Waals surface area contributed by atoms with Crippen LogP contribution in [-0.4, -0.2) is 11.8 Å². The van der Waals surface area contributed by atoms with Gasteiger partial charge in [0.1, 0.15) is 10.5 Å². The lowest BCUT2D eigenvalue weighted by atomic mass is 10.1. The van der Waals surface area contributed by atoms with Gasteiger partial charge in [-0.05, 0) is 46.5 Å². The topological polar surface area (TPSA) is 58.2 Å². The summed E-state index contributed by atoms with van der Waals surface area (Å²) in [6, 6.07) is 47.6. The van der Waals surface area contributed by atoms with Crippen LogP contribution in [0.1, 0.15) is 32.8 Å². The third-order valence-electron chi connectivity index (χ3n) is 6.60. The Kier molecular flexibility index (Phi) is 10.5. The number of benzene rings is 5. The molecule has 5 aromatic carbocycles. The van der Waals surface area contributed by atoms with Gasteiger partial charge in [0.05, 0.1) is 0 Å². The molecule has 5 rings (SSSR count). The highest BCUT2D eigenvalue weighted by molar-refractivity contribution is 8.00. The number of carbonyl (C=O) groups excluding carboxylic acids is 2. The van der Waals surface area contributed by atoms with E-state index in [-0.39, 0.29) is 22.3 Å². The molecule has 0 radical (unpaired) electrons. The van der Waals surface area contributed by atoms with Gasteiger partial charge in [-0.1, -0.05) is 121 Å². The summed E-state index contributed by atoms with van der Waals surface area (Å²) >= 11 is 3.08. The van der Waals surface area contributed by atoms with Gasteiger partial charge < -0.3 is 10.6 Å². The molecule has 0 aromatic heterocycles. The molecule has 42 heavy (non-hydrogen) atoms. The number of nitrogens with one attached hydrogen (secondary N) is 2. The van der Waals surface area contributed by atoms with Gasteiger partial charge in [0.15, 0.2) is 0 Å². The van der Waals surface area contributed by atoms with Crippen molar-refractivity contribution in [3.63, 3.8) is 0 Å². The fourth-order valence-electron chi connectivity index (χ4n) is 4.49. The second-order valence-corrected chi connectivity index (χ2v) is 12.1. The van der Waals surface area contributed by atoms with Crippen molar-refractivity contribution in [2.45, 2.75) is 33.4 Å². The molecular weight excluding hydrogens is 557 g/mol. The normalized spacial score (nSPS) is 12.2. The third-order valence-corrected chi connectivity index (χ3v) is 9.13. The highest BCUT2D eigenvalue weighted by Gasteiger charge is 2.23. The van der Waals surface area contributed by atoms with E-state index in [9.17, 15) is 9.59 Å². The number of carbonyl (C=O) groups is 2. The molecule has 0 aliphatic rings. The summed E-state index contributed by atoms with van der Waals surface area (Å²) in [5, 5.41) is 5.52. The van der Waals surface area contributed by atoms with Crippen molar-refractivity contribution in [2.24, 2.45) is 0 Å². The van der Waals surface area contributed by atoms with Crippen molar-refractivity contribution in [3.8, 4) is 0 Å². The Morgan fingerprint density at radius 1 is 0.476 bits per heavy atom. The van der Waals surface area contributed by atoms with E-state index in [1.54, 1.807) is 0 Å². The van der Waals surface area contributed by atoms with E-state index in [0.29, 0.717) is 13.1 Å². The summed E-state index contributed by atoms with van der Waals surface area (Å²) in [6.45, 7) is 0.797. The maximum absolute atomic E-state index is 13.4. The molecule has 0 unspecified atom stereocenters. The van der Waals surface area contributed by atoms with Crippen LogP contribution >= 0.6 is 23.5 Å². The third kappa shape index (κ3) is 8.38. The van der Waals surface area contributed by atoms with Crippen molar-refractivity contribution in [2.75, 3.05) is 0 Å². The summed E-state index contributed by atoms with van der Waals surface area (Å²) in [7, 11) is 0. The molecule has 6 heteroatoms. The lowest BCUT2D eigenvalue weighted by Gasteiger charge is -2.18. The number of hydrogen-bond donors (Lipinski definition) is 2. The van der Waals surface area contributed by atoms with Crippen LogP contribution < -0.4 is 10.6 Å². The predicted molar refractivity (Wildman–Crippen MR) is 173 cm³/mol. The Labute approximate surface area is 256 Å². The Bertz CT molecular complexity index is 1450. The lowest BCUT2D eigenvalue weighted by Crippen LogP contribution is -2.28. The molecule has 0 fully saturated rings. The van der Waals surface area contributed by atoms with Crippen LogP contribution in [0.2, 0.25) is 0 Å². The molecule has 0 spiro atoms. The SMILES string of the molecule is O=C(NCc1cccc(CNC(=O)[C@@H](Sc2ccccc2)c2ccccc2)c1)[C@@H](Sc1ccccc1)c1ccccc1. The van der Waals surface area contributed by atoms with Gasteiger partial charge in [-0.25, -0.2) is 0 Å². The molecule has 0 aliphatic heterocycles. The minimum Gasteiger partial charge on any atom is -0.351 e. The Hall–Kier alpha value is -4.26. The highest BCUT2D eigenvalue weighted by Crippen LogP contribution is 2.36. The zero-order chi connectivity index (χ0) is 29.0.